The highest BCUT2D eigenvalue weighted by molar-refractivity contribution is 6.30. The van der Waals surface area contributed by atoms with Crippen molar-refractivity contribution in [1.29, 1.82) is 0 Å². The van der Waals surface area contributed by atoms with Gasteiger partial charge in [0.25, 0.3) is 5.56 Å². The zero-order chi connectivity index (χ0) is 15.6. The molecule has 21 heavy (non-hydrogen) atoms. The molecule has 0 aliphatic carbocycles. The maximum Gasteiger partial charge on any atom is 0.334 e. The number of hydrogen-bond acceptors (Lipinski definition) is 3. The molecule has 6 heteroatoms. The fraction of sp³-hybridized carbons (Fsp3) is 0.333. The second-order valence-electron chi connectivity index (χ2n) is 4.88. The SMILES string of the molecule is CCOc1cccc(-n2c(=O)[nH]c(Cl)c(C(C)C)c2=O)c1. The summed E-state index contributed by atoms with van der Waals surface area (Å²) in [7, 11) is 0. The van der Waals surface area contributed by atoms with Crippen molar-refractivity contribution >= 4 is 11.6 Å². The van der Waals surface area contributed by atoms with Crippen molar-refractivity contribution in [3.05, 3.63) is 55.8 Å². The molecule has 0 bridgehead atoms. The van der Waals surface area contributed by atoms with Crippen LogP contribution in [0.5, 0.6) is 5.75 Å². The molecule has 0 unspecified atom stereocenters. The molecule has 5 nitrogen and oxygen atoms in total. The molecule has 0 amide bonds. The fourth-order valence-electron chi connectivity index (χ4n) is 2.14. The van der Waals surface area contributed by atoms with Crippen molar-refractivity contribution < 1.29 is 4.74 Å². The van der Waals surface area contributed by atoms with Gasteiger partial charge >= 0.3 is 5.69 Å². The van der Waals surface area contributed by atoms with Crippen LogP contribution >= 0.6 is 11.6 Å². The first kappa shape index (κ1) is 15.4. The van der Waals surface area contributed by atoms with Crippen LogP contribution in [-0.4, -0.2) is 16.2 Å². The van der Waals surface area contributed by atoms with Crippen LogP contribution in [0.2, 0.25) is 5.15 Å². The molecule has 1 heterocycles. The highest BCUT2D eigenvalue weighted by Crippen LogP contribution is 2.19. The van der Waals surface area contributed by atoms with Crippen molar-refractivity contribution in [2.75, 3.05) is 6.61 Å². The quantitative estimate of drug-likeness (QED) is 0.883. The Morgan fingerprint density at radius 3 is 2.67 bits per heavy atom. The van der Waals surface area contributed by atoms with Crippen molar-refractivity contribution in [1.82, 2.24) is 9.55 Å². The molecule has 0 fully saturated rings. The van der Waals surface area contributed by atoms with Crippen LogP contribution in [0.1, 0.15) is 32.3 Å². The van der Waals surface area contributed by atoms with Crippen molar-refractivity contribution in [2.45, 2.75) is 26.7 Å². The summed E-state index contributed by atoms with van der Waals surface area (Å²) in [5, 5.41) is 0.0946. The minimum absolute atomic E-state index is 0.0943. The van der Waals surface area contributed by atoms with E-state index in [9.17, 15) is 9.59 Å². The van der Waals surface area contributed by atoms with Gasteiger partial charge in [0.15, 0.2) is 0 Å². The smallest absolute Gasteiger partial charge is 0.334 e. The van der Waals surface area contributed by atoms with Crippen molar-refractivity contribution in [3.8, 4) is 11.4 Å². The number of ether oxygens (including phenoxy) is 1. The minimum atomic E-state index is -0.567. The first-order chi connectivity index (χ1) is 9.95. The van der Waals surface area contributed by atoms with E-state index in [0.29, 0.717) is 23.6 Å². The van der Waals surface area contributed by atoms with Crippen LogP contribution in [-0.2, 0) is 0 Å². The van der Waals surface area contributed by atoms with Crippen LogP contribution in [0, 0.1) is 0 Å². The standard InChI is InChI=1S/C15H17ClN2O3/c1-4-21-11-7-5-6-10(8-11)18-14(19)12(9(2)3)13(16)17-15(18)20/h5-9H,4H2,1-3H3,(H,17,20). The summed E-state index contributed by atoms with van der Waals surface area (Å²) in [6.45, 7) is 6.07. The third-order valence-corrected chi connectivity index (χ3v) is 3.35. The Balaban J connectivity index is 2.70. The largest absolute Gasteiger partial charge is 0.494 e. The van der Waals surface area contributed by atoms with Gasteiger partial charge in [0.1, 0.15) is 10.9 Å². The van der Waals surface area contributed by atoms with Gasteiger partial charge in [-0.3, -0.25) is 9.78 Å². The average molecular weight is 309 g/mol. The number of hydrogen-bond donors (Lipinski definition) is 1. The number of halogens is 1. The topological polar surface area (TPSA) is 64.1 Å². The van der Waals surface area contributed by atoms with Crippen LogP contribution in [0.15, 0.2) is 33.9 Å². The first-order valence-electron chi connectivity index (χ1n) is 6.73. The van der Waals surface area contributed by atoms with Gasteiger partial charge < -0.3 is 4.74 Å². The number of aromatic amines is 1. The van der Waals surface area contributed by atoms with Crippen LogP contribution in [0.25, 0.3) is 5.69 Å². The van der Waals surface area contributed by atoms with Gasteiger partial charge in [-0.25, -0.2) is 9.36 Å². The Bertz CT molecular complexity index is 762. The number of H-pyrrole nitrogens is 1. The van der Waals surface area contributed by atoms with E-state index in [2.05, 4.69) is 4.98 Å². The highest BCUT2D eigenvalue weighted by atomic mass is 35.5. The van der Waals surface area contributed by atoms with Gasteiger partial charge in [0, 0.05) is 6.07 Å². The average Bonchev–Trinajstić information content (AvgIpc) is 2.38. The van der Waals surface area contributed by atoms with Crippen molar-refractivity contribution in [3.63, 3.8) is 0 Å². The van der Waals surface area contributed by atoms with Crippen LogP contribution in [0.3, 0.4) is 0 Å². The lowest BCUT2D eigenvalue weighted by Gasteiger charge is -2.12. The van der Waals surface area contributed by atoms with E-state index in [1.165, 1.54) is 0 Å². The third-order valence-electron chi connectivity index (χ3n) is 3.05. The summed E-state index contributed by atoms with van der Waals surface area (Å²) >= 11 is 5.98. The van der Waals surface area contributed by atoms with E-state index in [4.69, 9.17) is 16.3 Å². The Hall–Kier alpha value is -2.01. The highest BCUT2D eigenvalue weighted by Gasteiger charge is 2.16. The molecule has 0 aliphatic heterocycles. The maximum atomic E-state index is 12.5. The zero-order valence-corrected chi connectivity index (χ0v) is 12.9. The third kappa shape index (κ3) is 3.03. The van der Waals surface area contributed by atoms with E-state index in [1.807, 2.05) is 20.8 Å². The maximum absolute atomic E-state index is 12.5. The second kappa shape index (κ2) is 6.18. The Kier molecular flexibility index (Phi) is 4.53. The molecular formula is C15H17ClN2O3. The zero-order valence-electron chi connectivity index (χ0n) is 12.1. The number of aromatic nitrogens is 2. The monoisotopic (exact) mass is 308 g/mol. The van der Waals surface area contributed by atoms with Crippen LogP contribution in [0.4, 0.5) is 0 Å². The molecule has 0 aliphatic rings. The fourth-order valence-corrected chi connectivity index (χ4v) is 2.52. The normalized spacial score (nSPS) is 10.9. The second-order valence-corrected chi connectivity index (χ2v) is 5.26. The summed E-state index contributed by atoms with van der Waals surface area (Å²) in [5.74, 6) is 0.505. The van der Waals surface area contributed by atoms with Crippen molar-refractivity contribution in [2.24, 2.45) is 0 Å². The molecule has 112 valence electrons. The molecule has 1 N–H and O–H groups in total. The molecule has 0 saturated carbocycles. The molecule has 1 aromatic carbocycles. The van der Waals surface area contributed by atoms with Gasteiger partial charge in [-0.05, 0) is 25.0 Å². The lowest BCUT2D eigenvalue weighted by atomic mass is 10.1. The van der Waals surface area contributed by atoms with Gasteiger partial charge in [0.2, 0.25) is 0 Å². The molecule has 2 rings (SSSR count). The molecule has 1 aromatic heterocycles. The summed E-state index contributed by atoms with van der Waals surface area (Å²) in [4.78, 5) is 27.1. The predicted molar refractivity (Wildman–Crippen MR) is 82.9 cm³/mol. The lowest BCUT2D eigenvalue weighted by Crippen LogP contribution is -2.36. The van der Waals surface area contributed by atoms with E-state index in [0.717, 1.165) is 4.57 Å². The lowest BCUT2D eigenvalue weighted by molar-refractivity contribution is 0.340. The Morgan fingerprint density at radius 2 is 2.05 bits per heavy atom. The molecule has 0 saturated heterocycles. The predicted octanol–water partition coefficient (Wildman–Crippen LogP) is 2.70. The summed E-state index contributed by atoms with van der Waals surface area (Å²) < 4.78 is 6.47. The van der Waals surface area contributed by atoms with E-state index in [-0.39, 0.29) is 11.1 Å². The number of benzene rings is 1. The number of rotatable bonds is 4. The Labute approximate surface area is 127 Å². The molecule has 0 radical (unpaired) electrons. The van der Waals surface area contributed by atoms with Crippen LogP contribution < -0.4 is 16.0 Å². The molecule has 0 atom stereocenters. The number of nitrogens with zero attached hydrogens (tertiary/aromatic N) is 1. The van der Waals surface area contributed by atoms with Gasteiger partial charge in [0.05, 0.1) is 17.9 Å². The Morgan fingerprint density at radius 1 is 1.33 bits per heavy atom. The van der Waals surface area contributed by atoms with E-state index >= 15 is 0 Å². The van der Waals surface area contributed by atoms with Gasteiger partial charge in [-0.15, -0.1) is 0 Å². The number of nitrogens with one attached hydrogen (secondary N) is 1. The van der Waals surface area contributed by atoms with Gasteiger partial charge in [-0.1, -0.05) is 31.5 Å². The molecule has 2 aromatic rings. The van der Waals surface area contributed by atoms with E-state index < -0.39 is 11.2 Å². The van der Waals surface area contributed by atoms with Gasteiger partial charge in [-0.2, -0.15) is 0 Å². The summed E-state index contributed by atoms with van der Waals surface area (Å²) in [6.07, 6.45) is 0. The minimum Gasteiger partial charge on any atom is -0.494 e. The molecular weight excluding hydrogens is 292 g/mol. The summed E-state index contributed by atoms with van der Waals surface area (Å²) in [6, 6.07) is 6.83. The van der Waals surface area contributed by atoms with E-state index in [1.54, 1.807) is 24.3 Å². The molecule has 0 spiro atoms. The first-order valence-corrected chi connectivity index (χ1v) is 7.11. The summed E-state index contributed by atoms with van der Waals surface area (Å²) in [5.41, 5.74) is -0.140.